The second-order valence-corrected chi connectivity index (χ2v) is 11.4. The predicted molar refractivity (Wildman–Crippen MR) is 153 cm³/mol. The maximum Gasteiger partial charge on any atom is 0.264 e. The third-order valence-corrected chi connectivity index (χ3v) is 8.40. The predicted octanol–water partition coefficient (Wildman–Crippen LogP) is 4.53. The monoisotopic (exact) mass is 551 g/mol. The lowest BCUT2D eigenvalue weighted by atomic mass is 10.1. The van der Waals surface area contributed by atoms with Crippen molar-refractivity contribution >= 4 is 27.5 Å². The molecule has 2 atom stereocenters. The first-order valence-corrected chi connectivity index (χ1v) is 14.4. The van der Waals surface area contributed by atoms with E-state index in [1.54, 1.807) is 43.3 Å². The third-order valence-electron chi connectivity index (χ3n) is 6.61. The summed E-state index contributed by atoms with van der Waals surface area (Å²) < 4.78 is 34.0. The Balaban J connectivity index is 2.00. The van der Waals surface area contributed by atoms with Crippen LogP contribution in [-0.4, -0.2) is 50.9 Å². The largest absolute Gasteiger partial charge is 0.497 e. The fraction of sp³-hybridized carbons (Fsp3) is 0.333. The summed E-state index contributed by atoms with van der Waals surface area (Å²) >= 11 is 0. The average molecular weight is 552 g/mol. The highest BCUT2D eigenvalue weighted by Gasteiger charge is 2.32. The molecular formula is C30H37N3O5S. The number of carbonyl (C=O) groups is 2. The van der Waals surface area contributed by atoms with Crippen LogP contribution in [0.1, 0.15) is 38.3 Å². The van der Waals surface area contributed by atoms with Crippen LogP contribution in [0.4, 0.5) is 5.69 Å². The Bertz CT molecular complexity index is 1340. The number of amides is 2. The SMILES string of the molecule is CC[C@H](C)NC(=O)[C@H](C)N(Cc1ccccc1)C(=O)CN(c1ccc(C)cc1)S(=O)(=O)c1ccc(OC)cc1. The Hall–Kier alpha value is -3.85. The molecule has 1 N–H and O–H groups in total. The minimum absolute atomic E-state index is 0.0221. The number of hydrogen-bond donors (Lipinski definition) is 1. The van der Waals surface area contributed by atoms with Gasteiger partial charge < -0.3 is 15.0 Å². The molecule has 3 rings (SSSR count). The molecule has 2 amide bonds. The van der Waals surface area contributed by atoms with E-state index >= 15 is 0 Å². The van der Waals surface area contributed by atoms with Gasteiger partial charge in [0.2, 0.25) is 11.8 Å². The smallest absolute Gasteiger partial charge is 0.264 e. The summed E-state index contributed by atoms with van der Waals surface area (Å²) in [6.45, 7) is 7.09. The van der Waals surface area contributed by atoms with E-state index in [9.17, 15) is 18.0 Å². The molecule has 0 bridgehead atoms. The third kappa shape index (κ3) is 7.60. The van der Waals surface area contributed by atoms with Crippen LogP contribution in [0.15, 0.2) is 83.8 Å². The second kappa shape index (κ2) is 13.3. The first kappa shape index (κ1) is 29.7. The zero-order valence-corrected chi connectivity index (χ0v) is 23.9. The van der Waals surface area contributed by atoms with Gasteiger partial charge >= 0.3 is 0 Å². The maximum atomic E-state index is 13.9. The van der Waals surface area contributed by atoms with Crippen LogP contribution in [0.25, 0.3) is 0 Å². The van der Waals surface area contributed by atoms with Gasteiger partial charge in [-0.2, -0.15) is 0 Å². The number of rotatable bonds is 12. The molecule has 3 aromatic rings. The molecule has 0 saturated carbocycles. The van der Waals surface area contributed by atoms with Crippen molar-refractivity contribution in [3.05, 3.63) is 90.0 Å². The first-order chi connectivity index (χ1) is 18.6. The van der Waals surface area contributed by atoms with Gasteiger partial charge in [0.1, 0.15) is 18.3 Å². The molecule has 0 fully saturated rings. The highest BCUT2D eigenvalue weighted by atomic mass is 32.2. The molecule has 0 saturated heterocycles. The second-order valence-electron chi connectivity index (χ2n) is 9.52. The number of methoxy groups -OCH3 is 1. The van der Waals surface area contributed by atoms with Crippen LogP contribution in [0.2, 0.25) is 0 Å². The average Bonchev–Trinajstić information content (AvgIpc) is 2.95. The number of sulfonamides is 1. The van der Waals surface area contributed by atoms with E-state index in [1.165, 1.54) is 24.1 Å². The van der Waals surface area contributed by atoms with Crippen molar-refractivity contribution in [3.63, 3.8) is 0 Å². The van der Waals surface area contributed by atoms with Gasteiger partial charge in [0, 0.05) is 12.6 Å². The Morgan fingerprint density at radius 3 is 2.10 bits per heavy atom. The van der Waals surface area contributed by atoms with Gasteiger partial charge in [-0.3, -0.25) is 13.9 Å². The highest BCUT2D eigenvalue weighted by molar-refractivity contribution is 7.92. The lowest BCUT2D eigenvalue weighted by Crippen LogP contribution is -2.52. The van der Waals surface area contributed by atoms with Crippen LogP contribution >= 0.6 is 0 Å². The van der Waals surface area contributed by atoms with Gasteiger partial charge in [-0.15, -0.1) is 0 Å². The summed E-state index contributed by atoms with van der Waals surface area (Å²) in [5.74, 6) is -0.279. The lowest BCUT2D eigenvalue weighted by molar-refractivity contribution is -0.139. The fourth-order valence-corrected chi connectivity index (χ4v) is 5.36. The zero-order valence-electron chi connectivity index (χ0n) is 23.1. The van der Waals surface area contributed by atoms with Crippen molar-refractivity contribution in [3.8, 4) is 5.75 Å². The van der Waals surface area contributed by atoms with E-state index in [4.69, 9.17) is 4.74 Å². The van der Waals surface area contributed by atoms with E-state index in [2.05, 4.69) is 5.32 Å². The molecule has 39 heavy (non-hydrogen) atoms. The summed E-state index contributed by atoms with van der Waals surface area (Å²) in [5.41, 5.74) is 2.13. The summed E-state index contributed by atoms with van der Waals surface area (Å²) in [6.07, 6.45) is 0.742. The van der Waals surface area contributed by atoms with Gasteiger partial charge in [-0.25, -0.2) is 8.42 Å². The van der Waals surface area contributed by atoms with E-state index in [0.29, 0.717) is 11.4 Å². The molecule has 9 heteroatoms. The Morgan fingerprint density at radius 2 is 1.54 bits per heavy atom. The Labute approximate surface area is 231 Å². The number of carbonyl (C=O) groups excluding carboxylic acids is 2. The molecule has 0 heterocycles. The molecule has 0 aliphatic heterocycles. The van der Waals surface area contributed by atoms with E-state index in [-0.39, 0.29) is 23.4 Å². The van der Waals surface area contributed by atoms with E-state index in [1.807, 2.05) is 51.1 Å². The molecule has 208 valence electrons. The molecule has 0 aliphatic rings. The van der Waals surface area contributed by atoms with Gasteiger partial charge in [0.25, 0.3) is 10.0 Å². The number of nitrogens with one attached hydrogen (secondary N) is 1. The topological polar surface area (TPSA) is 96.0 Å². The van der Waals surface area contributed by atoms with Crippen LogP contribution in [0.3, 0.4) is 0 Å². The standard InChI is InChI=1S/C30H37N3O5S/c1-6-23(3)31-30(35)24(4)32(20-25-10-8-7-9-11-25)29(34)21-33(26-14-12-22(2)13-15-26)39(36,37)28-18-16-27(38-5)17-19-28/h7-19,23-24H,6,20-21H2,1-5H3,(H,31,35)/t23-,24-/m0/s1. The summed E-state index contributed by atoms with van der Waals surface area (Å²) in [5, 5.41) is 2.93. The molecule has 0 radical (unpaired) electrons. The van der Waals surface area contributed by atoms with Crippen molar-refractivity contribution in [1.82, 2.24) is 10.2 Å². The van der Waals surface area contributed by atoms with Crippen molar-refractivity contribution in [1.29, 1.82) is 0 Å². The zero-order chi connectivity index (χ0) is 28.6. The van der Waals surface area contributed by atoms with Crippen molar-refractivity contribution in [2.45, 2.75) is 57.6 Å². The van der Waals surface area contributed by atoms with Crippen molar-refractivity contribution in [2.24, 2.45) is 0 Å². The van der Waals surface area contributed by atoms with E-state index < -0.39 is 28.5 Å². The normalized spacial score (nSPS) is 12.7. The molecule has 0 unspecified atom stereocenters. The van der Waals surface area contributed by atoms with Gasteiger partial charge in [0.15, 0.2) is 0 Å². The number of benzene rings is 3. The van der Waals surface area contributed by atoms with Crippen LogP contribution in [0, 0.1) is 6.92 Å². The number of ether oxygens (including phenoxy) is 1. The van der Waals surface area contributed by atoms with E-state index in [0.717, 1.165) is 21.9 Å². The molecule has 3 aromatic carbocycles. The quantitative estimate of drug-likeness (QED) is 0.357. The lowest BCUT2D eigenvalue weighted by Gasteiger charge is -2.32. The molecule has 0 aromatic heterocycles. The number of nitrogens with zero attached hydrogens (tertiary/aromatic N) is 2. The number of anilines is 1. The summed E-state index contributed by atoms with van der Waals surface area (Å²) in [6, 6.07) is 21.4. The Kier molecular flexibility index (Phi) is 10.1. The summed E-state index contributed by atoms with van der Waals surface area (Å²) in [7, 11) is -2.63. The highest BCUT2D eigenvalue weighted by Crippen LogP contribution is 2.26. The number of aryl methyl sites for hydroxylation is 1. The van der Waals surface area contributed by atoms with Crippen molar-refractivity contribution < 1.29 is 22.7 Å². The van der Waals surface area contributed by atoms with Gasteiger partial charge in [-0.1, -0.05) is 55.0 Å². The fourth-order valence-electron chi connectivity index (χ4n) is 3.94. The first-order valence-electron chi connectivity index (χ1n) is 12.9. The van der Waals surface area contributed by atoms with Gasteiger partial charge in [0.05, 0.1) is 17.7 Å². The number of hydrogen-bond acceptors (Lipinski definition) is 5. The van der Waals surface area contributed by atoms with Crippen LogP contribution in [0.5, 0.6) is 5.75 Å². The maximum absolute atomic E-state index is 13.9. The van der Waals surface area contributed by atoms with Crippen LogP contribution in [-0.2, 0) is 26.2 Å². The van der Waals surface area contributed by atoms with Crippen LogP contribution < -0.4 is 14.4 Å². The molecule has 0 aliphatic carbocycles. The Morgan fingerprint density at radius 1 is 0.923 bits per heavy atom. The molecule has 8 nitrogen and oxygen atoms in total. The van der Waals surface area contributed by atoms with Crippen molar-refractivity contribution in [2.75, 3.05) is 18.0 Å². The van der Waals surface area contributed by atoms with Gasteiger partial charge in [-0.05, 0) is 69.2 Å². The minimum Gasteiger partial charge on any atom is -0.497 e. The summed E-state index contributed by atoms with van der Waals surface area (Å²) in [4.78, 5) is 28.4. The minimum atomic E-state index is -4.13. The molecule has 0 spiro atoms. The molecular weight excluding hydrogens is 514 g/mol.